The smallest absolute Gasteiger partial charge is 0.264 e. The van der Waals surface area contributed by atoms with Gasteiger partial charge in [-0.15, -0.1) is 6.42 Å². The molecule has 0 bridgehead atoms. The van der Waals surface area contributed by atoms with E-state index in [9.17, 15) is 4.79 Å². The van der Waals surface area contributed by atoms with E-state index in [1.165, 1.54) is 5.69 Å². The van der Waals surface area contributed by atoms with Gasteiger partial charge in [0, 0.05) is 43.6 Å². The number of allylic oxidation sites excluding steroid dienone is 2. The summed E-state index contributed by atoms with van der Waals surface area (Å²) in [4.78, 5) is 17.4. The maximum atomic E-state index is 13.1. The van der Waals surface area contributed by atoms with E-state index in [1.54, 1.807) is 0 Å². The molecule has 1 saturated heterocycles. The van der Waals surface area contributed by atoms with Crippen LogP contribution in [0.2, 0.25) is 0 Å². The molecule has 0 radical (unpaired) electrons. The zero-order chi connectivity index (χ0) is 21.2. The van der Waals surface area contributed by atoms with Crippen LogP contribution in [0, 0.1) is 12.3 Å². The molecule has 31 heavy (non-hydrogen) atoms. The van der Waals surface area contributed by atoms with Crippen molar-refractivity contribution in [3.63, 3.8) is 0 Å². The first kappa shape index (κ1) is 19.8. The molecule has 3 heterocycles. The molecule has 0 spiro atoms. The van der Waals surface area contributed by atoms with Gasteiger partial charge in [0.25, 0.3) is 5.91 Å². The highest BCUT2D eigenvalue weighted by molar-refractivity contribution is 6.00. The fourth-order valence-corrected chi connectivity index (χ4v) is 4.97. The minimum atomic E-state index is -0.180. The van der Waals surface area contributed by atoms with Crippen LogP contribution in [0.5, 0.6) is 0 Å². The summed E-state index contributed by atoms with van der Waals surface area (Å²) in [5.41, 5.74) is 3.75. The van der Waals surface area contributed by atoms with Crippen LogP contribution in [-0.2, 0) is 4.79 Å². The number of nitrogens with zero attached hydrogens (tertiary/aromatic N) is 2. The number of anilines is 2. The molecule has 1 saturated carbocycles. The van der Waals surface area contributed by atoms with E-state index in [-0.39, 0.29) is 18.1 Å². The fraction of sp³-hybridized carbons (Fsp3) is 0.400. The standard InChI is InChI=1S/C25H29N5O/c1-2-18-17-19-7-12-23(28-24(19)30(25(18)31)22-5-3-4-6-22)27-20-8-10-21(11-9-20)29-15-13-26-14-16-29/h1,7-12,17,22,24,26-28H,3-6,13-16H2. The van der Waals surface area contributed by atoms with Gasteiger partial charge in [-0.3, -0.25) is 4.79 Å². The van der Waals surface area contributed by atoms with E-state index in [4.69, 9.17) is 6.42 Å². The predicted octanol–water partition coefficient (Wildman–Crippen LogP) is 2.55. The Labute approximate surface area is 184 Å². The van der Waals surface area contributed by atoms with Crippen LogP contribution in [0.15, 0.2) is 59.5 Å². The van der Waals surface area contributed by atoms with Crippen molar-refractivity contribution in [3.8, 4) is 12.3 Å². The third kappa shape index (κ3) is 3.94. The molecule has 5 rings (SSSR count). The molecule has 2 fully saturated rings. The summed E-state index contributed by atoms with van der Waals surface area (Å²) in [5.74, 6) is 3.43. The van der Waals surface area contributed by atoms with Crippen molar-refractivity contribution in [1.82, 2.24) is 15.5 Å². The highest BCUT2D eigenvalue weighted by Gasteiger charge is 2.39. The molecule has 0 aromatic heterocycles. The van der Waals surface area contributed by atoms with Gasteiger partial charge in [0.1, 0.15) is 12.0 Å². The summed E-state index contributed by atoms with van der Waals surface area (Å²) in [6.45, 7) is 4.12. The first-order valence-electron chi connectivity index (χ1n) is 11.2. The van der Waals surface area contributed by atoms with Crippen LogP contribution in [0.3, 0.4) is 0 Å². The highest BCUT2D eigenvalue weighted by Crippen LogP contribution is 2.33. The molecule has 4 aliphatic rings. The second-order valence-corrected chi connectivity index (χ2v) is 8.56. The lowest BCUT2D eigenvalue weighted by Gasteiger charge is -2.42. The largest absolute Gasteiger partial charge is 0.369 e. The number of amides is 1. The molecule has 6 nitrogen and oxygen atoms in total. The van der Waals surface area contributed by atoms with Crippen molar-refractivity contribution in [2.75, 3.05) is 36.4 Å². The molecule has 160 valence electrons. The number of dihydropyridines is 1. The Kier molecular flexibility index (Phi) is 5.44. The monoisotopic (exact) mass is 415 g/mol. The van der Waals surface area contributed by atoms with Gasteiger partial charge in [-0.2, -0.15) is 0 Å². The first-order valence-corrected chi connectivity index (χ1v) is 11.2. The van der Waals surface area contributed by atoms with Crippen LogP contribution < -0.4 is 20.9 Å². The Hall–Kier alpha value is -3.17. The average molecular weight is 416 g/mol. The summed E-state index contributed by atoms with van der Waals surface area (Å²) in [7, 11) is 0. The second-order valence-electron chi connectivity index (χ2n) is 8.56. The predicted molar refractivity (Wildman–Crippen MR) is 124 cm³/mol. The van der Waals surface area contributed by atoms with Crippen LogP contribution in [-0.4, -0.2) is 49.2 Å². The lowest BCUT2D eigenvalue weighted by molar-refractivity contribution is -0.131. The number of rotatable bonds is 4. The van der Waals surface area contributed by atoms with Crippen molar-refractivity contribution >= 4 is 17.3 Å². The lowest BCUT2D eigenvalue weighted by Crippen LogP contribution is -2.56. The Morgan fingerprint density at radius 2 is 1.81 bits per heavy atom. The van der Waals surface area contributed by atoms with E-state index >= 15 is 0 Å². The number of hydrogen-bond donors (Lipinski definition) is 3. The number of benzene rings is 1. The second kappa shape index (κ2) is 8.52. The molecule has 6 heteroatoms. The van der Waals surface area contributed by atoms with Gasteiger partial charge in [0.2, 0.25) is 0 Å². The minimum absolute atomic E-state index is 0.0364. The number of piperazine rings is 1. The van der Waals surface area contributed by atoms with E-state index < -0.39 is 0 Å². The maximum Gasteiger partial charge on any atom is 0.264 e. The third-order valence-electron chi connectivity index (χ3n) is 6.61. The van der Waals surface area contributed by atoms with Crippen LogP contribution in [0.4, 0.5) is 11.4 Å². The average Bonchev–Trinajstić information content (AvgIpc) is 3.34. The molecule has 1 aromatic carbocycles. The molecule has 1 aromatic rings. The summed E-state index contributed by atoms with van der Waals surface area (Å²) in [5, 5.41) is 10.4. The van der Waals surface area contributed by atoms with E-state index in [2.05, 4.69) is 57.1 Å². The SMILES string of the molecule is C#CC1=CC2=CC=C(Nc3ccc(N4CCNCC4)cc3)NC2N(C2CCCC2)C1=O. The molecular weight excluding hydrogens is 386 g/mol. The number of hydrogen-bond acceptors (Lipinski definition) is 5. The zero-order valence-electron chi connectivity index (χ0n) is 17.7. The van der Waals surface area contributed by atoms with E-state index in [0.717, 1.165) is 68.9 Å². The van der Waals surface area contributed by atoms with Gasteiger partial charge in [-0.1, -0.05) is 24.8 Å². The summed E-state index contributed by atoms with van der Waals surface area (Å²) in [6.07, 6.45) is 15.8. The molecule has 1 amide bonds. The van der Waals surface area contributed by atoms with Crippen LogP contribution in [0.25, 0.3) is 0 Å². The zero-order valence-corrected chi connectivity index (χ0v) is 17.7. The quantitative estimate of drug-likeness (QED) is 0.660. The molecule has 1 aliphatic carbocycles. The van der Waals surface area contributed by atoms with Crippen molar-refractivity contribution in [3.05, 3.63) is 59.5 Å². The Bertz CT molecular complexity index is 972. The molecule has 1 atom stereocenters. The Morgan fingerprint density at radius 3 is 2.52 bits per heavy atom. The number of carbonyl (C=O) groups is 1. The van der Waals surface area contributed by atoms with Crippen LogP contribution >= 0.6 is 0 Å². The van der Waals surface area contributed by atoms with Gasteiger partial charge in [0.15, 0.2) is 0 Å². The molecule has 3 aliphatic heterocycles. The molecular formula is C25H29N5O. The van der Waals surface area contributed by atoms with Crippen molar-refractivity contribution in [2.24, 2.45) is 0 Å². The summed E-state index contributed by atoms with van der Waals surface area (Å²) >= 11 is 0. The van der Waals surface area contributed by atoms with Gasteiger partial charge in [-0.25, -0.2) is 0 Å². The van der Waals surface area contributed by atoms with Gasteiger partial charge >= 0.3 is 0 Å². The minimum Gasteiger partial charge on any atom is -0.369 e. The van der Waals surface area contributed by atoms with Gasteiger partial charge in [-0.05, 0) is 54.8 Å². The topological polar surface area (TPSA) is 59.6 Å². The normalized spacial score (nSPS) is 23.9. The van der Waals surface area contributed by atoms with Crippen molar-refractivity contribution in [2.45, 2.75) is 37.9 Å². The fourth-order valence-electron chi connectivity index (χ4n) is 4.97. The number of terminal acetylenes is 1. The number of fused-ring (bicyclic) bond motifs is 1. The van der Waals surface area contributed by atoms with Gasteiger partial charge in [0.05, 0.1) is 5.57 Å². The van der Waals surface area contributed by atoms with Crippen molar-refractivity contribution in [1.29, 1.82) is 0 Å². The van der Waals surface area contributed by atoms with Crippen molar-refractivity contribution < 1.29 is 4.79 Å². The number of carbonyl (C=O) groups excluding carboxylic acids is 1. The maximum absolute atomic E-state index is 13.1. The Balaban J connectivity index is 1.33. The first-order chi connectivity index (χ1) is 15.2. The highest BCUT2D eigenvalue weighted by atomic mass is 16.2. The Morgan fingerprint density at radius 1 is 1.06 bits per heavy atom. The van der Waals surface area contributed by atoms with E-state index in [0.29, 0.717) is 5.57 Å². The number of nitrogens with one attached hydrogen (secondary N) is 3. The third-order valence-corrected chi connectivity index (χ3v) is 6.61. The molecule has 3 N–H and O–H groups in total. The lowest BCUT2D eigenvalue weighted by atomic mass is 9.96. The molecule has 1 unspecified atom stereocenters. The summed E-state index contributed by atoms with van der Waals surface area (Å²) in [6, 6.07) is 8.78. The summed E-state index contributed by atoms with van der Waals surface area (Å²) < 4.78 is 0. The van der Waals surface area contributed by atoms with Gasteiger partial charge < -0.3 is 25.8 Å². The van der Waals surface area contributed by atoms with Crippen LogP contribution in [0.1, 0.15) is 25.7 Å². The van der Waals surface area contributed by atoms with E-state index in [1.807, 2.05) is 17.1 Å².